The third-order valence-corrected chi connectivity index (χ3v) is 8.34. The van der Waals surface area contributed by atoms with Crippen LogP contribution in [0.25, 0.3) is 5.65 Å². The standard InChI is InChI=1S/C24H31N5O2/c30-22(25-7-6-21-27-26-20-5-1-2-8-29(20)21)19-4-3-9-28(19)23(31)24-13-16-10-17(14-24)12-18(11-16)15-24/h1-2,5,8,16-19H,3-4,6-7,9-15H2,(H,25,30). The summed E-state index contributed by atoms with van der Waals surface area (Å²) >= 11 is 0. The molecule has 7 heteroatoms. The third-order valence-electron chi connectivity index (χ3n) is 8.34. The highest BCUT2D eigenvalue weighted by Crippen LogP contribution is 2.60. The van der Waals surface area contributed by atoms with Gasteiger partial charge < -0.3 is 10.2 Å². The molecule has 1 unspecified atom stereocenters. The number of nitrogens with zero attached hydrogens (tertiary/aromatic N) is 4. The van der Waals surface area contributed by atoms with Crippen LogP contribution in [-0.4, -0.2) is 50.4 Å². The lowest BCUT2D eigenvalue weighted by Crippen LogP contribution is -2.57. The van der Waals surface area contributed by atoms with Gasteiger partial charge in [-0.3, -0.25) is 14.0 Å². The summed E-state index contributed by atoms with van der Waals surface area (Å²) in [5, 5.41) is 11.5. The molecule has 0 spiro atoms. The first-order valence-corrected chi connectivity index (χ1v) is 12.0. The molecule has 164 valence electrons. The number of hydrogen-bond acceptors (Lipinski definition) is 4. The van der Waals surface area contributed by atoms with Crippen LogP contribution in [0.3, 0.4) is 0 Å². The molecule has 31 heavy (non-hydrogen) atoms. The number of likely N-dealkylation sites (tertiary alicyclic amines) is 1. The fourth-order valence-electron chi connectivity index (χ4n) is 7.44. The molecule has 4 bridgehead atoms. The Hall–Kier alpha value is -2.44. The van der Waals surface area contributed by atoms with Crippen molar-refractivity contribution in [1.29, 1.82) is 0 Å². The van der Waals surface area contributed by atoms with E-state index >= 15 is 0 Å². The van der Waals surface area contributed by atoms with Gasteiger partial charge in [0.1, 0.15) is 11.9 Å². The van der Waals surface area contributed by atoms with Gasteiger partial charge in [0.2, 0.25) is 11.8 Å². The zero-order chi connectivity index (χ0) is 21.0. The van der Waals surface area contributed by atoms with Crippen molar-refractivity contribution >= 4 is 17.5 Å². The summed E-state index contributed by atoms with van der Waals surface area (Å²) in [6, 6.07) is 5.49. The van der Waals surface area contributed by atoms with Gasteiger partial charge in [-0.25, -0.2) is 0 Å². The number of amides is 2. The first-order valence-electron chi connectivity index (χ1n) is 12.0. The highest BCUT2D eigenvalue weighted by Gasteiger charge is 2.56. The van der Waals surface area contributed by atoms with E-state index in [1.54, 1.807) is 0 Å². The number of carbonyl (C=O) groups is 2. The van der Waals surface area contributed by atoms with E-state index in [9.17, 15) is 9.59 Å². The van der Waals surface area contributed by atoms with Crippen LogP contribution in [0.15, 0.2) is 24.4 Å². The normalized spacial score (nSPS) is 33.9. The third kappa shape index (κ3) is 3.24. The van der Waals surface area contributed by atoms with E-state index in [-0.39, 0.29) is 23.3 Å². The van der Waals surface area contributed by atoms with E-state index in [2.05, 4.69) is 15.5 Å². The van der Waals surface area contributed by atoms with Crippen LogP contribution in [0.2, 0.25) is 0 Å². The van der Waals surface area contributed by atoms with Crippen molar-refractivity contribution in [2.75, 3.05) is 13.1 Å². The molecular weight excluding hydrogens is 390 g/mol. The van der Waals surface area contributed by atoms with E-state index in [0.29, 0.717) is 13.0 Å². The molecule has 3 heterocycles. The quantitative estimate of drug-likeness (QED) is 0.805. The van der Waals surface area contributed by atoms with Gasteiger partial charge >= 0.3 is 0 Å². The summed E-state index contributed by atoms with van der Waals surface area (Å²) in [6.45, 7) is 1.23. The van der Waals surface area contributed by atoms with Crippen LogP contribution in [0.4, 0.5) is 0 Å². The number of pyridine rings is 1. The molecule has 1 N–H and O–H groups in total. The zero-order valence-corrected chi connectivity index (χ0v) is 18.0. The minimum atomic E-state index is -0.310. The van der Waals surface area contributed by atoms with Gasteiger partial charge in [-0.2, -0.15) is 0 Å². The average Bonchev–Trinajstić information content (AvgIpc) is 3.40. The topological polar surface area (TPSA) is 79.6 Å². The van der Waals surface area contributed by atoms with Crippen LogP contribution >= 0.6 is 0 Å². The van der Waals surface area contributed by atoms with Crippen molar-refractivity contribution < 1.29 is 9.59 Å². The average molecular weight is 422 g/mol. The van der Waals surface area contributed by atoms with E-state index in [0.717, 1.165) is 67.9 Å². The lowest BCUT2D eigenvalue weighted by atomic mass is 9.49. The number of nitrogens with one attached hydrogen (secondary N) is 1. The van der Waals surface area contributed by atoms with E-state index in [4.69, 9.17) is 0 Å². The summed E-state index contributed by atoms with van der Waals surface area (Å²) < 4.78 is 1.95. The number of carbonyl (C=O) groups excluding carboxylic acids is 2. The van der Waals surface area contributed by atoms with Gasteiger partial charge in [-0.15, -0.1) is 10.2 Å². The first-order chi connectivity index (χ1) is 15.1. The number of rotatable bonds is 5. The molecule has 2 aromatic rings. The Labute approximate surface area is 182 Å². The van der Waals surface area contributed by atoms with E-state index in [1.165, 1.54) is 19.3 Å². The second-order valence-electron chi connectivity index (χ2n) is 10.4. The molecule has 2 aromatic heterocycles. The summed E-state index contributed by atoms with van der Waals surface area (Å²) in [7, 11) is 0. The molecule has 1 atom stereocenters. The Morgan fingerprint density at radius 2 is 1.81 bits per heavy atom. The Balaban J connectivity index is 1.11. The molecule has 4 aliphatic carbocycles. The minimum absolute atomic E-state index is 0.00982. The van der Waals surface area contributed by atoms with E-state index in [1.807, 2.05) is 33.7 Å². The summed E-state index contributed by atoms with van der Waals surface area (Å²) in [5.41, 5.74) is 0.643. The predicted molar refractivity (Wildman–Crippen MR) is 115 cm³/mol. The summed E-state index contributed by atoms with van der Waals surface area (Å²) in [5.74, 6) is 3.33. The highest BCUT2D eigenvalue weighted by molar-refractivity contribution is 5.91. The Bertz CT molecular complexity index is 979. The molecule has 0 radical (unpaired) electrons. The lowest BCUT2D eigenvalue weighted by Gasteiger charge is -2.56. The zero-order valence-electron chi connectivity index (χ0n) is 18.0. The largest absolute Gasteiger partial charge is 0.354 e. The van der Waals surface area contributed by atoms with Crippen molar-refractivity contribution in [2.24, 2.45) is 23.2 Å². The molecule has 2 amide bonds. The molecule has 1 aliphatic heterocycles. The molecule has 7 rings (SSSR count). The Morgan fingerprint density at radius 3 is 2.55 bits per heavy atom. The van der Waals surface area contributed by atoms with Gasteiger partial charge in [-0.1, -0.05) is 6.07 Å². The van der Waals surface area contributed by atoms with Crippen LogP contribution in [0.1, 0.15) is 57.2 Å². The summed E-state index contributed by atoms with van der Waals surface area (Å²) in [4.78, 5) is 28.7. The van der Waals surface area contributed by atoms with Crippen molar-refractivity contribution in [3.05, 3.63) is 30.2 Å². The first kappa shape index (κ1) is 19.3. The number of aromatic nitrogens is 3. The van der Waals surface area contributed by atoms with Crippen molar-refractivity contribution in [3.63, 3.8) is 0 Å². The molecule has 5 fully saturated rings. The monoisotopic (exact) mass is 421 g/mol. The number of hydrogen-bond donors (Lipinski definition) is 1. The summed E-state index contributed by atoms with van der Waals surface area (Å²) in [6.07, 6.45) is 11.4. The maximum absolute atomic E-state index is 13.7. The van der Waals surface area contributed by atoms with Crippen molar-refractivity contribution in [1.82, 2.24) is 24.8 Å². The lowest BCUT2D eigenvalue weighted by molar-refractivity contribution is -0.160. The maximum atomic E-state index is 13.7. The van der Waals surface area contributed by atoms with Crippen LogP contribution in [-0.2, 0) is 16.0 Å². The van der Waals surface area contributed by atoms with Gasteiger partial charge in [0, 0.05) is 25.7 Å². The molecule has 1 saturated heterocycles. The molecule has 0 aromatic carbocycles. The van der Waals surface area contributed by atoms with Crippen LogP contribution in [0, 0.1) is 23.2 Å². The molecule has 7 nitrogen and oxygen atoms in total. The molecular formula is C24H31N5O2. The van der Waals surface area contributed by atoms with E-state index < -0.39 is 0 Å². The van der Waals surface area contributed by atoms with Gasteiger partial charge in [0.25, 0.3) is 0 Å². The van der Waals surface area contributed by atoms with Crippen molar-refractivity contribution in [2.45, 2.75) is 63.8 Å². The Morgan fingerprint density at radius 1 is 1.06 bits per heavy atom. The second-order valence-corrected chi connectivity index (χ2v) is 10.4. The molecule has 4 saturated carbocycles. The fourth-order valence-corrected chi connectivity index (χ4v) is 7.44. The highest BCUT2D eigenvalue weighted by atomic mass is 16.2. The van der Waals surface area contributed by atoms with Gasteiger partial charge in [-0.05, 0) is 81.3 Å². The maximum Gasteiger partial charge on any atom is 0.242 e. The molecule has 5 aliphatic rings. The predicted octanol–water partition coefficient (Wildman–Crippen LogP) is 2.60. The smallest absolute Gasteiger partial charge is 0.242 e. The second kappa shape index (κ2) is 7.31. The number of fused-ring (bicyclic) bond motifs is 1. The van der Waals surface area contributed by atoms with Crippen LogP contribution in [0.5, 0.6) is 0 Å². The van der Waals surface area contributed by atoms with Crippen LogP contribution < -0.4 is 5.32 Å². The Kier molecular flexibility index (Phi) is 4.54. The SMILES string of the molecule is O=C(NCCc1nnc2ccccn12)C1CCCN1C(=O)C12CC3CC(CC(C3)C1)C2. The minimum Gasteiger partial charge on any atom is -0.354 e. The van der Waals surface area contributed by atoms with Gasteiger partial charge in [0.15, 0.2) is 5.65 Å². The fraction of sp³-hybridized carbons (Fsp3) is 0.667. The van der Waals surface area contributed by atoms with Gasteiger partial charge in [0.05, 0.1) is 5.41 Å². The van der Waals surface area contributed by atoms with Crippen molar-refractivity contribution in [3.8, 4) is 0 Å².